The van der Waals surface area contributed by atoms with Crippen molar-refractivity contribution in [3.05, 3.63) is 10.4 Å². The van der Waals surface area contributed by atoms with Crippen LogP contribution in [0.25, 0.3) is 10.2 Å². The fourth-order valence-corrected chi connectivity index (χ4v) is 4.23. The second kappa shape index (κ2) is 5.64. The predicted molar refractivity (Wildman–Crippen MR) is 83.4 cm³/mol. The van der Waals surface area contributed by atoms with Gasteiger partial charge in [-0.2, -0.15) is 0 Å². The van der Waals surface area contributed by atoms with Crippen molar-refractivity contribution in [2.75, 3.05) is 24.7 Å². The Bertz CT molecular complexity index is 594. The molecule has 0 fully saturated rings. The van der Waals surface area contributed by atoms with Crippen molar-refractivity contribution in [1.29, 1.82) is 0 Å². The number of nitrogens with zero attached hydrogens (tertiary/aromatic N) is 2. The van der Waals surface area contributed by atoms with Crippen LogP contribution in [0, 0.1) is 0 Å². The molecule has 0 aliphatic heterocycles. The van der Waals surface area contributed by atoms with Gasteiger partial charge in [0.1, 0.15) is 10.6 Å². The molecule has 3 rings (SSSR count). The third kappa shape index (κ3) is 2.44. The van der Waals surface area contributed by atoms with Crippen LogP contribution in [0.3, 0.4) is 0 Å². The van der Waals surface area contributed by atoms with Crippen LogP contribution in [0.5, 0.6) is 0 Å². The van der Waals surface area contributed by atoms with E-state index in [9.17, 15) is 0 Å². The van der Waals surface area contributed by atoms with Gasteiger partial charge in [0, 0.05) is 18.0 Å². The molecule has 2 aromatic rings. The standard InChI is InChI=1S/C13H18N4S2/c1-18-13-16-11(15-7-6-14)10-8-4-2-3-5-9(8)19-12(10)17-13/h2-7,14H2,1H3,(H,15,16,17). The zero-order chi connectivity index (χ0) is 13.2. The maximum atomic E-state index is 5.60. The lowest BCUT2D eigenvalue weighted by atomic mass is 9.97. The zero-order valence-electron chi connectivity index (χ0n) is 11.0. The molecule has 4 nitrogen and oxygen atoms in total. The molecule has 0 amide bonds. The smallest absolute Gasteiger partial charge is 0.190 e. The molecule has 0 unspecified atom stereocenters. The summed E-state index contributed by atoms with van der Waals surface area (Å²) in [6.45, 7) is 1.37. The molecule has 2 aromatic heterocycles. The molecular weight excluding hydrogens is 276 g/mol. The Morgan fingerprint density at radius 3 is 2.95 bits per heavy atom. The lowest BCUT2D eigenvalue weighted by molar-refractivity contribution is 0.700. The highest BCUT2D eigenvalue weighted by Gasteiger charge is 2.20. The number of thioether (sulfide) groups is 1. The first kappa shape index (κ1) is 13.1. The monoisotopic (exact) mass is 294 g/mol. The van der Waals surface area contributed by atoms with E-state index in [0.29, 0.717) is 6.54 Å². The van der Waals surface area contributed by atoms with Crippen LogP contribution in [0.1, 0.15) is 23.3 Å². The van der Waals surface area contributed by atoms with E-state index in [1.165, 1.54) is 35.1 Å². The maximum Gasteiger partial charge on any atom is 0.190 e. The van der Waals surface area contributed by atoms with Crippen LogP contribution in [0.2, 0.25) is 0 Å². The molecule has 6 heteroatoms. The third-order valence-electron chi connectivity index (χ3n) is 3.41. The number of anilines is 1. The van der Waals surface area contributed by atoms with Crippen LogP contribution in [-0.2, 0) is 12.8 Å². The minimum Gasteiger partial charge on any atom is -0.368 e. The van der Waals surface area contributed by atoms with Gasteiger partial charge < -0.3 is 11.1 Å². The number of nitrogens with two attached hydrogens (primary N) is 1. The highest BCUT2D eigenvalue weighted by Crippen LogP contribution is 2.39. The largest absolute Gasteiger partial charge is 0.368 e. The van der Waals surface area contributed by atoms with E-state index in [4.69, 9.17) is 5.73 Å². The van der Waals surface area contributed by atoms with Crippen molar-refractivity contribution in [3.63, 3.8) is 0 Å². The number of fused-ring (bicyclic) bond motifs is 3. The summed E-state index contributed by atoms with van der Waals surface area (Å²) in [6.07, 6.45) is 6.95. The Hall–Kier alpha value is -0.850. The van der Waals surface area contributed by atoms with Gasteiger partial charge in [0.15, 0.2) is 5.16 Å². The first-order chi connectivity index (χ1) is 9.33. The van der Waals surface area contributed by atoms with Gasteiger partial charge in [-0.25, -0.2) is 9.97 Å². The molecule has 0 spiro atoms. The normalized spacial score (nSPS) is 14.6. The van der Waals surface area contributed by atoms with Crippen LogP contribution in [0.4, 0.5) is 5.82 Å². The Morgan fingerprint density at radius 2 is 2.16 bits per heavy atom. The van der Waals surface area contributed by atoms with Gasteiger partial charge in [-0.05, 0) is 37.5 Å². The van der Waals surface area contributed by atoms with Crippen LogP contribution >= 0.6 is 23.1 Å². The average molecular weight is 294 g/mol. The Kier molecular flexibility index (Phi) is 3.91. The lowest BCUT2D eigenvalue weighted by Gasteiger charge is -2.12. The van der Waals surface area contributed by atoms with E-state index in [0.717, 1.165) is 28.8 Å². The van der Waals surface area contributed by atoms with Crippen molar-refractivity contribution in [3.8, 4) is 0 Å². The Labute approximate surface area is 121 Å². The summed E-state index contributed by atoms with van der Waals surface area (Å²) in [7, 11) is 0. The number of nitrogens with one attached hydrogen (secondary N) is 1. The number of thiophene rings is 1. The fraction of sp³-hybridized carbons (Fsp3) is 0.538. The van der Waals surface area contributed by atoms with E-state index in [1.807, 2.05) is 17.6 Å². The first-order valence-corrected chi connectivity index (χ1v) is 8.68. The molecule has 0 atom stereocenters. The Balaban J connectivity index is 2.16. The first-order valence-electron chi connectivity index (χ1n) is 6.63. The van der Waals surface area contributed by atoms with E-state index < -0.39 is 0 Å². The minimum absolute atomic E-state index is 0.617. The van der Waals surface area contributed by atoms with Crippen molar-refractivity contribution in [1.82, 2.24) is 9.97 Å². The summed E-state index contributed by atoms with van der Waals surface area (Å²) in [5, 5.41) is 5.45. The van der Waals surface area contributed by atoms with Crippen LogP contribution < -0.4 is 11.1 Å². The number of aromatic nitrogens is 2. The highest BCUT2D eigenvalue weighted by molar-refractivity contribution is 7.98. The van der Waals surface area contributed by atoms with Crippen LogP contribution in [0.15, 0.2) is 5.16 Å². The van der Waals surface area contributed by atoms with Crippen molar-refractivity contribution < 1.29 is 0 Å². The SMILES string of the molecule is CSc1nc(NCCN)c2c3c(sc2n1)CCCC3. The zero-order valence-corrected chi connectivity index (χ0v) is 12.7. The predicted octanol–water partition coefficient (Wildman–Crippen LogP) is 2.66. The molecule has 0 radical (unpaired) electrons. The van der Waals surface area contributed by atoms with Gasteiger partial charge >= 0.3 is 0 Å². The second-order valence-corrected chi connectivity index (χ2v) is 6.52. The quantitative estimate of drug-likeness (QED) is 0.670. The second-order valence-electron chi connectivity index (χ2n) is 4.67. The number of hydrogen-bond acceptors (Lipinski definition) is 6. The van der Waals surface area contributed by atoms with Gasteiger partial charge in [0.05, 0.1) is 5.39 Å². The van der Waals surface area contributed by atoms with Gasteiger partial charge in [-0.1, -0.05) is 11.8 Å². The third-order valence-corrected chi connectivity index (χ3v) is 5.15. The van der Waals surface area contributed by atoms with E-state index in [1.54, 1.807) is 11.8 Å². The number of hydrogen-bond donors (Lipinski definition) is 2. The molecule has 1 aliphatic carbocycles. The average Bonchev–Trinajstić information content (AvgIpc) is 2.82. The molecule has 102 valence electrons. The van der Waals surface area contributed by atoms with Gasteiger partial charge in [0.2, 0.25) is 0 Å². The fourth-order valence-electron chi connectivity index (χ4n) is 2.55. The Morgan fingerprint density at radius 1 is 1.32 bits per heavy atom. The maximum absolute atomic E-state index is 5.60. The molecule has 2 heterocycles. The minimum atomic E-state index is 0.617. The molecule has 0 saturated heterocycles. The summed E-state index contributed by atoms with van der Waals surface area (Å²) < 4.78 is 0. The van der Waals surface area contributed by atoms with Gasteiger partial charge in [0.25, 0.3) is 0 Å². The summed E-state index contributed by atoms with van der Waals surface area (Å²) in [4.78, 5) is 11.9. The summed E-state index contributed by atoms with van der Waals surface area (Å²) >= 11 is 3.43. The van der Waals surface area contributed by atoms with E-state index in [-0.39, 0.29) is 0 Å². The van der Waals surface area contributed by atoms with E-state index >= 15 is 0 Å². The van der Waals surface area contributed by atoms with Crippen molar-refractivity contribution in [2.45, 2.75) is 30.8 Å². The molecule has 0 aromatic carbocycles. The topological polar surface area (TPSA) is 63.8 Å². The summed E-state index contributed by atoms with van der Waals surface area (Å²) in [6, 6.07) is 0. The van der Waals surface area contributed by atoms with Crippen LogP contribution in [-0.4, -0.2) is 29.3 Å². The number of aryl methyl sites for hydroxylation is 2. The molecule has 0 bridgehead atoms. The van der Waals surface area contributed by atoms with Crippen molar-refractivity contribution >= 4 is 39.1 Å². The van der Waals surface area contributed by atoms with E-state index in [2.05, 4.69) is 15.3 Å². The molecule has 1 aliphatic rings. The summed E-state index contributed by atoms with van der Waals surface area (Å²) in [5.74, 6) is 0.971. The lowest BCUT2D eigenvalue weighted by Crippen LogP contribution is -2.14. The van der Waals surface area contributed by atoms with Gasteiger partial charge in [-0.15, -0.1) is 11.3 Å². The molecule has 19 heavy (non-hydrogen) atoms. The molecular formula is C13H18N4S2. The van der Waals surface area contributed by atoms with Crippen molar-refractivity contribution in [2.24, 2.45) is 5.73 Å². The highest BCUT2D eigenvalue weighted by atomic mass is 32.2. The summed E-state index contributed by atoms with van der Waals surface area (Å²) in [5.41, 5.74) is 7.07. The number of rotatable bonds is 4. The molecule has 0 saturated carbocycles. The van der Waals surface area contributed by atoms with Gasteiger partial charge in [-0.3, -0.25) is 0 Å². The molecule has 3 N–H and O–H groups in total.